The van der Waals surface area contributed by atoms with Crippen molar-refractivity contribution in [2.24, 2.45) is 0 Å². The van der Waals surface area contributed by atoms with Gasteiger partial charge in [-0.25, -0.2) is 4.79 Å². The summed E-state index contributed by atoms with van der Waals surface area (Å²) in [6, 6.07) is 14.6. The van der Waals surface area contributed by atoms with Crippen molar-refractivity contribution in [1.82, 2.24) is 5.32 Å². The van der Waals surface area contributed by atoms with Gasteiger partial charge in [0, 0.05) is 10.7 Å². The maximum absolute atomic E-state index is 11.8. The lowest BCUT2D eigenvalue weighted by atomic mass is 10.2. The van der Waals surface area contributed by atoms with Crippen LogP contribution in [0.4, 0.5) is 10.5 Å². The molecule has 2 rings (SSSR count). The number of halogens is 1. The van der Waals surface area contributed by atoms with E-state index in [-0.39, 0.29) is 6.03 Å². The molecular weight excluding hydrogens is 288 g/mol. The maximum atomic E-state index is 11.8. The second-order valence-corrected chi connectivity index (χ2v) is 4.86. The van der Waals surface area contributed by atoms with Gasteiger partial charge in [0.15, 0.2) is 0 Å². The Morgan fingerprint density at radius 1 is 1.14 bits per heavy atom. The van der Waals surface area contributed by atoms with E-state index in [2.05, 4.69) is 10.6 Å². The van der Waals surface area contributed by atoms with Crippen LogP contribution in [-0.4, -0.2) is 19.2 Å². The summed E-state index contributed by atoms with van der Waals surface area (Å²) in [5.74, 6) is 0.783. The molecule has 4 nitrogen and oxygen atoms in total. The predicted octanol–water partition coefficient (Wildman–Crippen LogP) is 3.85. The van der Waals surface area contributed by atoms with Crippen molar-refractivity contribution in [2.45, 2.75) is 6.92 Å². The van der Waals surface area contributed by atoms with Crippen molar-refractivity contribution in [1.29, 1.82) is 0 Å². The van der Waals surface area contributed by atoms with Gasteiger partial charge in [-0.3, -0.25) is 0 Å². The van der Waals surface area contributed by atoms with Gasteiger partial charge in [-0.15, -0.1) is 0 Å². The summed E-state index contributed by atoms with van der Waals surface area (Å²) in [7, 11) is 0. The van der Waals surface area contributed by atoms with Gasteiger partial charge in [-0.05, 0) is 36.8 Å². The molecule has 0 saturated heterocycles. The van der Waals surface area contributed by atoms with Crippen LogP contribution in [0.1, 0.15) is 5.56 Å². The number of benzene rings is 2. The van der Waals surface area contributed by atoms with E-state index in [9.17, 15) is 4.79 Å². The summed E-state index contributed by atoms with van der Waals surface area (Å²) >= 11 is 6.00. The standard InChI is InChI=1S/C16H17ClN2O2/c1-12-14(17)8-5-9-15(12)19-16(20)18-10-11-21-13-6-3-2-4-7-13/h2-9H,10-11H2,1H3,(H2,18,19,20). The average molecular weight is 305 g/mol. The minimum Gasteiger partial charge on any atom is -0.492 e. The molecule has 0 saturated carbocycles. The maximum Gasteiger partial charge on any atom is 0.319 e. The fourth-order valence-electron chi connectivity index (χ4n) is 1.76. The highest BCUT2D eigenvalue weighted by Crippen LogP contribution is 2.22. The van der Waals surface area contributed by atoms with Crippen LogP contribution in [0.3, 0.4) is 0 Å². The second-order valence-electron chi connectivity index (χ2n) is 4.45. The summed E-state index contributed by atoms with van der Waals surface area (Å²) in [6.45, 7) is 2.68. The normalized spacial score (nSPS) is 10.0. The van der Waals surface area contributed by atoms with Crippen LogP contribution >= 0.6 is 11.6 Å². The molecule has 0 unspecified atom stereocenters. The molecule has 21 heavy (non-hydrogen) atoms. The summed E-state index contributed by atoms with van der Waals surface area (Å²) < 4.78 is 5.49. The first kappa shape index (κ1) is 15.2. The number of carbonyl (C=O) groups excluding carboxylic acids is 1. The zero-order chi connectivity index (χ0) is 15.1. The van der Waals surface area contributed by atoms with Crippen molar-refractivity contribution < 1.29 is 9.53 Å². The Kier molecular flexibility index (Phi) is 5.46. The Labute approximate surface area is 129 Å². The van der Waals surface area contributed by atoms with E-state index >= 15 is 0 Å². The summed E-state index contributed by atoms with van der Waals surface area (Å²) in [5.41, 5.74) is 1.54. The Hall–Kier alpha value is -2.20. The molecule has 0 aliphatic rings. The lowest BCUT2D eigenvalue weighted by molar-refractivity contribution is 0.247. The molecule has 2 amide bonds. The van der Waals surface area contributed by atoms with Gasteiger partial charge in [0.25, 0.3) is 0 Å². The third kappa shape index (κ3) is 4.68. The number of urea groups is 1. The molecule has 5 heteroatoms. The Morgan fingerprint density at radius 2 is 1.90 bits per heavy atom. The molecule has 0 fully saturated rings. The molecular formula is C16H17ClN2O2. The number of hydrogen-bond acceptors (Lipinski definition) is 2. The summed E-state index contributed by atoms with van der Waals surface area (Å²) in [6.07, 6.45) is 0. The van der Waals surface area contributed by atoms with Crippen LogP contribution in [0, 0.1) is 6.92 Å². The van der Waals surface area contributed by atoms with Gasteiger partial charge < -0.3 is 15.4 Å². The number of nitrogens with one attached hydrogen (secondary N) is 2. The van der Waals surface area contributed by atoms with Crippen LogP contribution < -0.4 is 15.4 Å². The van der Waals surface area contributed by atoms with E-state index in [0.717, 1.165) is 11.3 Å². The summed E-state index contributed by atoms with van der Waals surface area (Å²) in [4.78, 5) is 11.8. The minimum absolute atomic E-state index is 0.281. The first-order valence-electron chi connectivity index (χ1n) is 6.64. The number of anilines is 1. The van der Waals surface area contributed by atoms with Gasteiger partial charge in [0.2, 0.25) is 0 Å². The first-order valence-corrected chi connectivity index (χ1v) is 7.02. The van der Waals surface area contributed by atoms with E-state index < -0.39 is 0 Å². The molecule has 0 aliphatic heterocycles. The lowest BCUT2D eigenvalue weighted by Gasteiger charge is -2.11. The van der Waals surface area contributed by atoms with E-state index in [1.54, 1.807) is 18.2 Å². The Bertz CT molecular complexity index is 602. The highest BCUT2D eigenvalue weighted by molar-refractivity contribution is 6.31. The Morgan fingerprint density at radius 3 is 2.67 bits per heavy atom. The first-order chi connectivity index (χ1) is 10.2. The highest BCUT2D eigenvalue weighted by atomic mass is 35.5. The molecule has 0 radical (unpaired) electrons. The number of ether oxygens (including phenoxy) is 1. The number of hydrogen-bond donors (Lipinski definition) is 2. The largest absolute Gasteiger partial charge is 0.492 e. The molecule has 2 N–H and O–H groups in total. The van der Waals surface area contributed by atoms with Crippen LogP contribution in [-0.2, 0) is 0 Å². The van der Waals surface area contributed by atoms with Crippen molar-refractivity contribution in [3.8, 4) is 5.75 Å². The van der Waals surface area contributed by atoms with Gasteiger partial charge in [-0.1, -0.05) is 35.9 Å². The quantitative estimate of drug-likeness (QED) is 0.824. The molecule has 110 valence electrons. The van der Waals surface area contributed by atoms with E-state index in [4.69, 9.17) is 16.3 Å². The summed E-state index contributed by atoms with van der Waals surface area (Å²) in [5, 5.41) is 6.11. The van der Waals surface area contributed by atoms with Crippen molar-refractivity contribution in [3.05, 3.63) is 59.1 Å². The molecule has 0 bridgehead atoms. The van der Waals surface area contributed by atoms with Gasteiger partial charge in [-0.2, -0.15) is 0 Å². The fraction of sp³-hybridized carbons (Fsp3) is 0.188. The molecule has 0 atom stereocenters. The number of rotatable bonds is 5. The van der Waals surface area contributed by atoms with E-state index in [1.165, 1.54) is 0 Å². The minimum atomic E-state index is -0.281. The van der Waals surface area contributed by atoms with Crippen LogP contribution in [0.5, 0.6) is 5.75 Å². The van der Waals surface area contributed by atoms with Crippen molar-refractivity contribution in [2.75, 3.05) is 18.5 Å². The van der Waals surface area contributed by atoms with Crippen LogP contribution in [0.25, 0.3) is 0 Å². The fourth-order valence-corrected chi connectivity index (χ4v) is 1.93. The third-order valence-electron chi connectivity index (χ3n) is 2.92. The molecule has 0 aromatic heterocycles. The lowest BCUT2D eigenvalue weighted by Crippen LogP contribution is -2.32. The SMILES string of the molecule is Cc1c(Cl)cccc1NC(=O)NCCOc1ccccc1. The predicted molar refractivity (Wildman–Crippen MR) is 85.1 cm³/mol. The molecule has 0 spiro atoms. The molecule has 0 heterocycles. The zero-order valence-corrected chi connectivity index (χ0v) is 12.5. The van der Waals surface area contributed by atoms with Crippen LogP contribution in [0.15, 0.2) is 48.5 Å². The van der Waals surface area contributed by atoms with E-state index in [0.29, 0.717) is 23.9 Å². The topological polar surface area (TPSA) is 50.4 Å². The van der Waals surface area contributed by atoms with Gasteiger partial charge in [0.05, 0.1) is 6.54 Å². The van der Waals surface area contributed by atoms with Gasteiger partial charge >= 0.3 is 6.03 Å². The molecule has 2 aromatic carbocycles. The second kappa shape index (κ2) is 7.55. The molecule has 0 aliphatic carbocycles. The van der Waals surface area contributed by atoms with E-state index in [1.807, 2.05) is 37.3 Å². The number of carbonyl (C=O) groups is 1. The van der Waals surface area contributed by atoms with Gasteiger partial charge in [0.1, 0.15) is 12.4 Å². The highest BCUT2D eigenvalue weighted by Gasteiger charge is 2.05. The molecule has 2 aromatic rings. The number of para-hydroxylation sites is 1. The smallest absolute Gasteiger partial charge is 0.319 e. The van der Waals surface area contributed by atoms with Crippen molar-refractivity contribution >= 4 is 23.3 Å². The Balaban J connectivity index is 1.74. The third-order valence-corrected chi connectivity index (χ3v) is 3.32. The van der Waals surface area contributed by atoms with Crippen molar-refractivity contribution in [3.63, 3.8) is 0 Å². The average Bonchev–Trinajstić information content (AvgIpc) is 2.49. The monoisotopic (exact) mass is 304 g/mol. The van der Waals surface area contributed by atoms with Crippen LogP contribution in [0.2, 0.25) is 5.02 Å². The zero-order valence-electron chi connectivity index (χ0n) is 11.7. The number of amides is 2.